The predicted octanol–water partition coefficient (Wildman–Crippen LogP) is 5.37. The van der Waals surface area contributed by atoms with Crippen LogP contribution in [0.2, 0.25) is 0 Å². The Labute approximate surface area is 255 Å². The van der Waals surface area contributed by atoms with Crippen molar-refractivity contribution in [1.82, 2.24) is 20.2 Å². The zero-order valence-corrected chi connectivity index (χ0v) is 26.7. The molecule has 1 aliphatic rings. The number of aryl methyl sites for hydroxylation is 2. The minimum absolute atomic E-state index is 0.0945. The summed E-state index contributed by atoms with van der Waals surface area (Å²) < 4.78 is 0. The molecule has 9 heteroatoms. The molecule has 4 N–H and O–H groups in total. The smallest absolute Gasteiger partial charge is 0.253 e. The number of carbonyl (C=O) groups excluding carboxylic acids is 1. The van der Waals surface area contributed by atoms with Crippen LogP contribution in [0.5, 0.6) is 0 Å². The lowest BCUT2D eigenvalue weighted by Crippen LogP contribution is -2.49. The van der Waals surface area contributed by atoms with Crippen molar-refractivity contribution in [2.24, 2.45) is 0 Å². The van der Waals surface area contributed by atoms with E-state index < -0.39 is 0 Å². The molecule has 1 fully saturated rings. The van der Waals surface area contributed by atoms with E-state index >= 15 is 0 Å². The fraction of sp³-hybridized carbons (Fsp3) is 0.471. The molecule has 9 nitrogen and oxygen atoms in total. The van der Waals surface area contributed by atoms with Crippen LogP contribution in [0.3, 0.4) is 0 Å². The molecule has 1 aliphatic heterocycles. The van der Waals surface area contributed by atoms with Crippen molar-refractivity contribution in [1.29, 1.82) is 5.41 Å². The van der Waals surface area contributed by atoms with Crippen molar-refractivity contribution in [2.45, 2.75) is 79.9 Å². The van der Waals surface area contributed by atoms with Gasteiger partial charge in [0.15, 0.2) is 0 Å². The number of amides is 1. The molecule has 4 rings (SSSR count). The van der Waals surface area contributed by atoms with E-state index in [9.17, 15) is 9.59 Å². The molecule has 1 saturated heterocycles. The van der Waals surface area contributed by atoms with E-state index in [1.807, 2.05) is 57.3 Å². The molecule has 0 atom stereocenters. The molecule has 0 saturated carbocycles. The highest BCUT2D eigenvalue weighted by molar-refractivity contribution is 6.12. The Morgan fingerprint density at radius 3 is 2.35 bits per heavy atom. The summed E-state index contributed by atoms with van der Waals surface area (Å²) in [5, 5.41) is 14.9. The maximum Gasteiger partial charge on any atom is 0.253 e. The third kappa shape index (κ3) is 7.70. The lowest BCUT2D eigenvalue weighted by molar-refractivity contribution is 0.0950. The van der Waals surface area contributed by atoms with Gasteiger partial charge in [0, 0.05) is 84.8 Å². The number of hydrogen-bond acceptors (Lipinski definition) is 7. The minimum atomic E-state index is -0.334. The number of pyridine rings is 2. The van der Waals surface area contributed by atoms with Crippen LogP contribution in [0.1, 0.15) is 80.7 Å². The summed E-state index contributed by atoms with van der Waals surface area (Å²) in [5.41, 5.74) is 5.76. The zero-order chi connectivity index (χ0) is 31.3. The highest BCUT2D eigenvalue weighted by atomic mass is 16.1. The molecule has 2 aromatic heterocycles. The number of H-pyrrole nitrogens is 1. The van der Waals surface area contributed by atoms with E-state index in [0.717, 1.165) is 72.9 Å². The van der Waals surface area contributed by atoms with Crippen LogP contribution in [0.15, 0.2) is 41.3 Å². The number of nitrogens with zero attached hydrogens (tertiary/aromatic N) is 3. The Balaban J connectivity index is 1.64. The fourth-order valence-corrected chi connectivity index (χ4v) is 5.70. The molecule has 0 aliphatic carbocycles. The Morgan fingerprint density at radius 2 is 1.79 bits per heavy atom. The molecular formula is C34H47N7O2. The summed E-state index contributed by atoms with van der Waals surface area (Å²) >= 11 is 0. The first-order valence-electron chi connectivity index (χ1n) is 15.4. The Bertz CT molecular complexity index is 1500. The van der Waals surface area contributed by atoms with Crippen molar-refractivity contribution < 1.29 is 4.79 Å². The van der Waals surface area contributed by atoms with Gasteiger partial charge in [-0.3, -0.25) is 14.5 Å². The maximum atomic E-state index is 13.7. The van der Waals surface area contributed by atoms with Gasteiger partial charge < -0.3 is 25.9 Å². The van der Waals surface area contributed by atoms with Crippen molar-refractivity contribution in [3.05, 3.63) is 74.8 Å². The van der Waals surface area contributed by atoms with Gasteiger partial charge in [-0.1, -0.05) is 13.3 Å². The van der Waals surface area contributed by atoms with Crippen LogP contribution in [0, 0.1) is 12.3 Å². The van der Waals surface area contributed by atoms with E-state index in [0.29, 0.717) is 22.7 Å². The second kappa shape index (κ2) is 14.0. The number of aromatic amines is 1. The summed E-state index contributed by atoms with van der Waals surface area (Å²) in [5.74, 6) is 0.613. The molecule has 3 aromatic rings. The number of carbonyl (C=O) groups is 1. The number of nitrogens with one attached hydrogen (secondary N) is 4. The average molecular weight is 586 g/mol. The monoisotopic (exact) mass is 585 g/mol. The SMILES string of the molecule is CCCc1cc(C)c(CNC(=O)c2cc(-c3ccc(N4CCN(C(C)C)CC4)nc3)cc(NC(C)C)c2C(C)=N)c(=O)[nH]1. The fourth-order valence-electron chi connectivity index (χ4n) is 5.70. The van der Waals surface area contributed by atoms with Gasteiger partial charge >= 0.3 is 0 Å². The van der Waals surface area contributed by atoms with Crippen molar-refractivity contribution in [3.8, 4) is 11.1 Å². The van der Waals surface area contributed by atoms with Crippen molar-refractivity contribution in [2.75, 3.05) is 36.4 Å². The molecule has 0 spiro atoms. The molecular weight excluding hydrogens is 538 g/mol. The van der Waals surface area contributed by atoms with E-state index in [1.54, 1.807) is 6.92 Å². The molecule has 43 heavy (non-hydrogen) atoms. The predicted molar refractivity (Wildman–Crippen MR) is 177 cm³/mol. The van der Waals surface area contributed by atoms with Gasteiger partial charge in [-0.2, -0.15) is 0 Å². The highest BCUT2D eigenvalue weighted by Crippen LogP contribution is 2.31. The van der Waals surface area contributed by atoms with Gasteiger partial charge in [0.25, 0.3) is 11.5 Å². The van der Waals surface area contributed by atoms with Crippen LogP contribution in [-0.4, -0.2) is 64.7 Å². The molecule has 0 unspecified atom stereocenters. The van der Waals surface area contributed by atoms with Crippen LogP contribution in [-0.2, 0) is 13.0 Å². The van der Waals surface area contributed by atoms with Crippen LogP contribution in [0.4, 0.5) is 11.5 Å². The largest absolute Gasteiger partial charge is 0.382 e. The van der Waals surface area contributed by atoms with Gasteiger partial charge in [0.05, 0.1) is 5.56 Å². The maximum absolute atomic E-state index is 13.7. The topological polar surface area (TPSA) is 117 Å². The average Bonchev–Trinajstić information content (AvgIpc) is 2.96. The first-order chi connectivity index (χ1) is 20.5. The van der Waals surface area contributed by atoms with Crippen molar-refractivity contribution in [3.63, 3.8) is 0 Å². The van der Waals surface area contributed by atoms with E-state index in [4.69, 9.17) is 10.4 Å². The van der Waals surface area contributed by atoms with Crippen molar-refractivity contribution >= 4 is 23.1 Å². The van der Waals surface area contributed by atoms with Gasteiger partial charge in [-0.15, -0.1) is 0 Å². The summed E-state index contributed by atoms with van der Waals surface area (Å²) in [6, 6.07) is 10.5. The van der Waals surface area contributed by atoms with Gasteiger partial charge in [0.2, 0.25) is 0 Å². The minimum Gasteiger partial charge on any atom is -0.382 e. The number of rotatable bonds is 11. The second-order valence-electron chi connectivity index (χ2n) is 12.1. The Kier molecular flexibility index (Phi) is 10.4. The number of hydrogen-bond donors (Lipinski definition) is 4. The lowest BCUT2D eigenvalue weighted by Gasteiger charge is -2.37. The number of piperazine rings is 1. The van der Waals surface area contributed by atoms with Crippen LogP contribution in [0.25, 0.3) is 11.1 Å². The van der Waals surface area contributed by atoms with Gasteiger partial charge in [0.1, 0.15) is 5.82 Å². The van der Waals surface area contributed by atoms with Crippen LogP contribution >= 0.6 is 0 Å². The van der Waals surface area contributed by atoms with E-state index in [2.05, 4.69) is 46.2 Å². The summed E-state index contributed by atoms with van der Waals surface area (Å²) in [4.78, 5) is 39.0. The lowest BCUT2D eigenvalue weighted by atomic mass is 9.94. The quantitative estimate of drug-likeness (QED) is 0.225. The van der Waals surface area contributed by atoms with E-state index in [1.165, 1.54) is 0 Å². The Hall–Kier alpha value is -3.98. The summed E-state index contributed by atoms with van der Waals surface area (Å²) in [7, 11) is 0. The molecule has 0 radical (unpaired) electrons. The Morgan fingerprint density at radius 1 is 1.07 bits per heavy atom. The standard InChI is InChI=1S/C34H47N7O2/c1-8-9-27-16-23(6)29(34(43)39-27)20-37-33(42)28-17-26(18-30(38-21(2)3)32(28)24(7)35)25-10-11-31(36-19-25)41-14-12-40(13-15-41)22(4)5/h10-11,16-19,21-22,35,38H,8-9,12-15,20H2,1-7H3,(H,37,42)(H,39,43). The first-order valence-corrected chi connectivity index (χ1v) is 15.4. The van der Waals surface area contributed by atoms with Gasteiger partial charge in [-0.05, 0) is 89.4 Å². The summed E-state index contributed by atoms with van der Waals surface area (Å²) in [6.07, 6.45) is 3.60. The number of benzene rings is 1. The molecule has 3 heterocycles. The second-order valence-corrected chi connectivity index (χ2v) is 12.1. The summed E-state index contributed by atoms with van der Waals surface area (Å²) in [6.45, 7) is 18.2. The highest BCUT2D eigenvalue weighted by Gasteiger charge is 2.22. The van der Waals surface area contributed by atoms with E-state index in [-0.39, 0.29) is 29.8 Å². The normalized spacial score (nSPS) is 13.9. The molecule has 0 bridgehead atoms. The molecule has 230 valence electrons. The molecule has 1 aromatic carbocycles. The third-order valence-electron chi connectivity index (χ3n) is 8.01. The van der Waals surface area contributed by atoms with Gasteiger partial charge in [-0.25, -0.2) is 4.98 Å². The first kappa shape index (κ1) is 31.9. The molecule has 1 amide bonds. The number of aromatic nitrogens is 2. The van der Waals surface area contributed by atoms with Crippen LogP contribution < -0.4 is 21.1 Å². The number of anilines is 2. The third-order valence-corrected chi connectivity index (χ3v) is 8.01. The zero-order valence-electron chi connectivity index (χ0n) is 26.7.